The third kappa shape index (κ3) is 3.11. The van der Waals surface area contributed by atoms with Gasteiger partial charge in [-0.3, -0.25) is 4.79 Å². The second-order valence-corrected chi connectivity index (χ2v) is 5.82. The normalized spacial score (nSPS) is 17.6. The number of hydrogen-bond acceptors (Lipinski definition) is 4. The summed E-state index contributed by atoms with van der Waals surface area (Å²) in [7, 11) is 3.20. The van der Waals surface area contributed by atoms with E-state index in [1.807, 2.05) is 25.4 Å². The van der Waals surface area contributed by atoms with Gasteiger partial charge >= 0.3 is 5.97 Å². The van der Waals surface area contributed by atoms with E-state index in [2.05, 4.69) is 9.55 Å². The molecule has 1 aromatic heterocycles. The molecule has 6 heteroatoms. The first-order valence-electron chi connectivity index (χ1n) is 7.52. The van der Waals surface area contributed by atoms with Gasteiger partial charge in [0.1, 0.15) is 5.82 Å². The van der Waals surface area contributed by atoms with Crippen molar-refractivity contribution < 1.29 is 14.3 Å². The second-order valence-electron chi connectivity index (χ2n) is 5.82. The first-order chi connectivity index (χ1) is 11.1. The molecule has 0 spiro atoms. The Morgan fingerprint density at radius 3 is 2.70 bits per heavy atom. The largest absolute Gasteiger partial charge is 0.465 e. The Labute approximate surface area is 134 Å². The fraction of sp³-hybridized carbons (Fsp3) is 0.353. The Morgan fingerprint density at radius 2 is 2.09 bits per heavy atom. The third-order valence-corrected chi connectivity index (χ3v) is 4.16. The molecule has 0 saturated carbocycles. The Kier molecular flexibility index (Phi) is 4.14. The molecule has 6 nitrogen and oxygen atoms in total. The van der Waals surface area contributed by atoms with Crippen LogP contribution in [0.15, 0.2) is 36.7 Å². The number of ether oxygens (including phenoxy) is 1. The van der Waals surface area contributed by atoms with Gasteiger partial charge in [0.25, 0.3) is 0 Å². The molecule has 0 bridgehead atoms. The highest BCUT2D eigenvalue weighted by Crippen LogP contribution is 2.23. The molecule has 1 saturated heterocycles. The summed E-state index contributed by atoms with van der Waals surface area (Å²) in [5.41, 5.74) is 1.44. The molecular formula is C17H19N3O3. The van der Waals surface area contributed by atoms with Gasteiger partial charge in [-0.1, -0.05) is 12.1 Å². The number of carbonyl (C=O) groups excluding carboxylic acids is 2. The maximum absolute atomic E-state index is 11.7. The first kappa shape index (κ1) is 15.3. The van der Waals surface area contributed by atoms with Crippen molar-refractivity contribution in [3.05, 3.63) is 42.2 Å². The fourth-order valence-electron chi connectivity index (χ4n) is 2.95. The zero-order valence-corrected chi connectivity index (χ0v) is 13.2. The Hall–Kier alpha value is -2.63. The lowest BCUT2D eigenvalue weighted by molar-refractivity contribution is -0.126. The van der Waals surface area contributed by atoms with E-state index in [0.717, 1.165) is 24.5 Å². The Morgan fingerprint density at radius 1 is 1.35 bits per heavy atom. The first-order valence-corrected chi connectivity index (χ1v) is 7.52. The van der Waals surface area contributed by atoms with Crippen LogP contribution in [-0.4, -0.2) is 47.0 Å². The van der Waals surface area contributed by atoms with Crippen molar-refractivity contribution in [2.24, 2.45) is 5.92 Å². The summed E-state index contributed by atoms with van der Waals surface area (Å²) in [6, 6.07) is 7.17. The van der Waals surface area contributed by atoms with Gasteiger partial charge in [-0.05, 0) is 12.1 Å². The molecule has 1 aromatic carbocycles. The summed E-state index contributed by atoms with van der Waals surface area (Å²) in [5.74, 6) is 0.977. The van der Waals surface area contributed by atoms with E-state index in [1.165, 1.54) is 7.11 Å². The number of carbonyl (C=O) groups is 2. The van der Waals surface area contributed by atoms with Crippen LogP contribution in [0.1, 0.15) is 16.8 Å². The van der Waals surface area contributed by atoms with Crippen LogP contribution >= 0.6 is 0 Å². The number of methoxy groups -OCH3 is 1. The van der Waals surface area contributed by atoms with E-state index in [0.29, 0.717) is 17.9 Å². The van der Waals surface area contributed by atoms with Crippen LogP contribution in [0.3, 0.4) is 0 Å². The molecule has 1 aliphatic heterocycles. The zero-order chi connectivity index (χ0) is 16.4. The zero-order valence-electron chi connectivity index (χ0n) is 13.2. The molecule has 1 unspecified atom stereocenters. The number of likely N-dealkylation sites (tertiary alicyclic amines) is 1. The monoisotopic (exact) mass is 313 g/mol. The van der Waals surface area contributed by atoms with Gasteiger partial charge in [0.2, 0.25) is 5.91 Å². The van der Waals surface area contributed by atoms with Crippen molar-refractivity contribution in [2.75, 3.05) is 20.7 Å². The highest BCUT2D eigenvalue weighted by molar-refractivity contribution is 5.89. The number of esters is 1. The van der Waals surface area contributed by atoms with Gasteiger partial charge in [-0.2, -0.15) is 0 Å². The fourth-order valence-corrected chi connectivity index (χ4v) is 2.95. The van der Waals surface area contributed by atoms with Crippen LogP contribution in [-0.2, 0) is 16.1 Å². The highest BCUT2D eigenvalue weighted by atomic mass is 16.5. The van der Waals surface area contributed by atoms with E-state index >= 15 is 0 Å². The molecule has 2 heterocycles. The lowest BCUT2D eigenvalue weighted by Gasteiger charge is -2.13. The minimum Gasteiger partial charge on any atom is -0.465 e. The second kappa shape index (κ2) is 6.24. The highest BCUT2D eigenvalue weighted by Gasteiger charge is 2.27. The minimum atomic E-state index is -0.354. The number of amides is 1. The van der Waals surface area contributed by atoms with Crippen molar-refractivity contribution in [2.45, 2.75) is 13.0 Å². The van der Waals surface area contributed by atoms with Crippen LogP contribution < -0.4 is 0 Å². The number of aromatic nitrogens is 2. The van der Waals surface area contributed by atoms with Crippen LogP contribution in [0.2, 0.25) is 0 Å². The van der Waals surface area contributed by atoms with Gasteiger partial charge in [-0.15, -0.1) is 0 Å². The molecule has 0 aliphatic carbocycles. The van der Waals surface area contributed by atoms with Gasteiger partial charge < -0.3 is 14.2 Å². The van der Waals surface area contributed by atoms with Crippen molar-refractivity contribution in [1.82, 2.24) is 14.5 Å². The number of benzene rings is 1. The summed E-state index contributed by atoms with van der Waals surface area (Å²) in [5, 5.41) is 0. The van der Waals surface area contributed by atoms with Crippen molar-refractivity contribution >= 4 is 11.9 Å². The van der Waals surface area contributed by atoms with Crippen molar-refractivity contribution in [3.63, 3.8) is 0 Å². The quantitative estimate of drug-likeness (QED) is 0.808. The molecule has 0 radical (unpaired) electrons. The van der Waals surface area contributed by atoms with Gasteiger partial charge in [0.05, 0.1) is 12.7 Å². The minimum absolute atomic E-state index is 0.194. The Balaban J connectivity index is 1.78. The maximum Gasteiger partial charge on any atom is 0.337 e. The average molecular weight is 313 g/mol. The van der Waals surface area contributed by atoms with E-state index in [9.17, 15) is 9.59 Å². The average Bonchev–Trinajstić information content (AvgIpc) is 3.14. The molecule has 1 atom stereocenters. The van der Waals surface area contributed by atoms with Gasteiger partial charge in [0.15, 0.2) is 0 Å². The van der Waals surface area contributed by atoms with Crippen molar-refractivity contribution in [3.8, 4) is 11.4 Å². The molecular weight excluding hydrogens is 294 g/mol. The van der Waals surface area contributed by atoms with E-state index in [1.54, 1.807) is 23.2 Å². The maximum atomic E-state index is 11.7. The van der Waals surface area contributed by atoms with Crippen LogP contribution in [0.5, 0.6) is 0 Å². The summed E-state index contributed by atoms with van der Waals surface area (Å²) >= 11 is 0. The SMILES string of the molecule is COC(=O)c1ccc(-c2nccn2CC2CC(=O)N(C)C2)cc1. The molecule has 1 amide bonds. The Bertz CT molecular complexity index is 721. The van der Waals surface area contributed by atoms with E-state index in [4.69, 9.17) is 4.74 Å². The van der Waals surface area contributed by atoms with Crippen LogP contribution in [0.25, 0.3) is 11.4 Å². The number of nitrogens with zero attached hydrogens (tertiary/aromatic N) is 3. The molecule has 23 heavy (non-hydrogen) atoms. The molecule has 2 aromatic rings. The smallest absolute Gasteiger partial charge is 0.337 e. The molecule has 1 fully saturated rings. The predicted octanol–water partition coefficient (Wildman–Crippen LogP) is 1.81. The number of imidazole rings is 1. The van der Waals surface area contributed by atoms with Gasteiger partial charge in [0, 0.05) is 50.4 Å². The lowest BCUT2D eigenvalue weighted by Crippen LogP contribution is -2.20. The summed E-state index contributed by atoms with van der Waals surface area (Å²) < 4.78 is 6.76. The predicted molar refractivity (Wildman–Crippen MR) is 84.7 cm³/mol. The topological polar surface area (TPSA) is 64.4 Å². The van der Waals surface area contributed by atoms with Crippen LogP contribution in [0.4, 0.5) is 0 Å². The molecule has 120 valence electrons. The standard InChI is InChI=1S/C17H19N3O3/c1-19-10-12(9-15(19)21)11-20-8-7-18-16(20)13-3-5-14(6-4-13)17(22)23-2/h3-8,12H,9-11H2,1-2H3. The third-order valence-electron chi connectivity index (χ3n) is 4.16. The number of rotatable bonds is 4. The van der Waals surface area contributed by atoms with E-state index in [-0.39, 0.29) is 11.9 Å². The molecule has 1 aliphatic rings. The summed E-state index contributed by atoms with van der Waals surface area (Å²) in [6.07, 6.45) is 4.26. The summed E-state index contributed by atoms with van der Waals surface area (Å²) in [6.45, 7) is 1.53. The van der Waals surface area contributed by atoms with Gasteiger partial charge in [-0.25, -0.2) is 9.78 Å². The van der Waals surface area contributed by atoms with Crippen LogP contribution in [0, 0.1) is 5.92 Å². The van der Waals surface area contributed by atoms with Crippen molar-refractivity contribution in [1.29, 1.82) is 0 Å². The molecule has 3 rings (SSSR count). The number of hydrogen-bond donors (Lipinski definition) is 0. The van der Waals surface area contributed by atoms with E-state index < -0.39 is 0 Å². The molecule has 0 N–H and O–H groups in total. The lowest BCUT2D eigenvalue weighted by atomic mass is 10.1. The summed E-state index contributed by atoms with van der Waals surface area (Å²) in [4.78, 5) is 29.3.